The predicted molar refractivity (Wildman–Crippen MR) is 82.5 cm³/mol. The summed E-state index contributed by atoms with van der Waals surface area (Å²) in [6, 6.07) is 3.77. The molecule has 0 radical (unpaired) electrons. The second-order valence-electron chi connectivity index (χ2n) is 4.40. The number of rotatable bonds is 6. The molecule has 2 amide bonds. The molecule has 21 heavy (non-hydrogen) atoms. The van der Waals surface area contributed by atoms with Crippen LogP contribution in [-0.2, 0) is 9.84 Å². The number of nitrogens with one attached hydrogen (secondary N) is 2. The maximum absolute atomic E-state index is 11.6. The van der Waals surface area contributed by atoms with Crippen molar-refractivity contribution in [2.75, 3.05) is 23.9 Å². The van der Waals surface area contributed by atoms with Gasteiger partial charge in [-0.05, 0) is 24.6 Å². The summed E-state index contributed by atoms with van der Waals surface area (Å²) in [6.07, 6.45) is 1.44. The molecule has 0 heterocycles. The first-order valence-corrected chi connectivity index (χ1v) is 8.79. The molecule has 3 N–H and O–H groups in total. The van der Waals surface area contributed by atoms with Crippen molar-refractivity contribution in [3.05, 3.63) is 28.2 Å². The number of sulfone groups is 1. The summed E-state index contributed by atoms with van der Waals surface area (Å²) in [7, 11) is -3.04. The van der Waals surface area contributed by atoms with Gasteiger partial charge in [0.1, 0.15) is 9.84 Å². The van der Waals surface area contributed by atoms with E-state index in [1.165, 1.54) is 12.1 Å². The Kier molecular flexibility index (Phi) is 6.16. The summed E-state index contributed by atoms with van der Waals surface area (Å²) in [5.41, 5.74) is 0.360. The number of carbonyl (C=O) groups is 2. The Balaban J connectivity index is 2.53. The Bertz CT molecular complexity index is 645. The van der Waals surface area contributed by atoms with Crippen molar-refractivity contribution in [2.24, 2.45) is 0 Å². The summed E-state index contributed by atoms with van der Waals surface area (Å²) in [5.74, 6) is -1.11. The zero-order chi connectivity index (χ0) is 16.0. The largest absolute Gasteiger partial charge is 0.478 e. The van der Waals surface area contributed by atoms with Crippen LogP contribution in [0.15, 0.2) is 22.7 Å². The normalized spacial score (nSPS) is 11.0. The van der Waals surface area contributed by atoms with Crippen LogP contribution >= 0.6 is 15.9 Å². The number of carboxylic acid groups (broad SMARTS) is 1. The number of urea groups is 1. The third-order valence-electron chi connectivity index (χ3n) is 2.38. The molecule has 0 aromatic heterocycles. The van der Waals surface area contributed by atoms with Gasteiger partial charge in [0.15, 0.2) is 0 Å². The van der Waals surface area contributed by atoms with Gasteiger partial charge in [0.05, 0.1) is 11.3 Å². The minimum absolute atomic E-state index is 0.00662. The number of aromatic carboxylic acids is 1. The topological polar surface area (TPSA) is 113 Å². The Labute approximate surface area is 130 Å². The maximum Gasteiger partial charge on any atom is 0.335 e. The molecule has 9 heteroatoms. The highest BCUT2D eigenvalue weighted by Crippen LogP contribution is 2.19. The second-order valence-corrected chi connectivity index (χ2v) is 7.57. The molecule has 1 aromatic rings. The molecule has 0 atom stereocenters. The molecular weight excluding hydrogens is 364 g/mol. The second kappa shape index (κ2) is 7.41. The van der Waals surface area contributed by atoms with Gasteiger partial charge in [0.2, 0.25) is 0 Å². The van der Waals surface area contributed by atoms with Crippen LogP contribution in [0.3, 0.4) is 0 Å². The van der Waals surface area contributed by atoms with E-state index in [1.807, 2.05) is 0 Å². The molecule has 0 aliphatic heterocycles. The van der Waals surface area contributed by atoms with Crippen molar-refractivity contribution in [3.8, 4) is 0 Å². The third-order valence-corrected chi connectivity index (χ3v) is 3.87. The Morgan fingerprint density at radius 3 is 2.52 bits per heavy atom. The summed E-state index contributed by atoms with van der Waals surface area (Å²) in [6.45, 7) is 0.207. The number of carboxylic acids is 1. The predicted octanol–water partition coefficient (Wildman–Crippen LogP) is 1.70. The molecule has 1 aromatic carbocycles. The molecule has 0 fully saturated rings. The van der Waals surface area contributed by atoms with Crippen molar-refractivity contribution in [1.82, 2.24) is 5.32 Å². The Morgan fingerprint density at radius 2 is 1.95 bits per heavy atom. The van der Waals surface area contributed by atoms with Gasteiger partial charge in [0.25, 0.3) is 0 Å². The highest BCUT2D eigenvalue weighted by molar-refractivity contribution is 9.10. The zero-order valence-electron chi connectivity index (χ0n) is 11.2. The SMILES string of the molecule is CS(=O)(=O)CCCNC(=O)Nc1cc(Br)cc(C(=O)O)c1. The summed E-state index contributed by atoms with van der Waals surface area (Å²) < 4.78 is 22.4. The molecule has 0 spiro atoms. The van der Waals surface area contributed by atoms with Gasteiger partial charge < -0.3 is 15.7 Å². The van der Waals surface area contributed by atoms with E-state index in [1.54, 1.807) is 6.07 Å². The highest BCUT2D eigenvalue weighted by atomic mass is 79.9. The molecule has 0 bridgehead atoms. The Hall–Kier alpha value is -1.61. The van der Waals surface area contributed by atoms with Gasteiger partial charge in [-0.2, -0.15) is 0 Å². The first-order chi connectivity index (χ1) is 9.67. The van der Waals surface area contributed by atoms with Crippen LogP contribution in [0.1, 0.15) is 16.8 Å². The van der Waals surface area contributed by atoms with E-state index in [2.05, 4.69) is 26.6 Å². The monoisotopic (exact) mass is 378 g/mol. The molecule has 1 rings (SSSR count). The number of carbonyl (C=O) groups excluding carboxylic acids is 1. The van der Waals surface area contributed by atoms with Crippen molar-refractivity contribution < 1.29 is 23.1 Å². The highest BCUT2D eigenvalue weighted by Gasteiger charge is 2.08. The van der Waals surface area contributed by atoms with Gasteiger partial charge in [-0.25, -0.2) is 18.0 Å². The minimum Gasteiger partial charge on any atom is -0.478 e. The van der Waals surface area contributed by atoms with Crippen molar-refractivity contribution in [3.63, 3.8) is 0 Å². The summed E-state index contributed by atoms with van der Waals surface area (Å²) in [5, 5.41) is 13.9. The standard InChI is InChI=1S/C12H15BrN2O5S/c1-21(19,20)4-2-3-14-12(18)15-10-6-8(11(16)17)5-9(13)7-10/h5-7H,2-4H2,1H3,(H,16,17)(H2,14,15,18). The molecule has 7 nitrogen and oxygen atoms in total. The lowest BCUT2D eigenvalue weighted by atomic mass is 10.2. The molecule has 0 saturated carbocycles. The number of benzene rings is 1. The van der Waals surface area contributed by atoms with Crippen LogP contribution in [0.2, 0.25) is 0 Å². The van der Waals surface area contributed by atoms with Crippen molar-refractivity contribution in [2.45, 2.75) is 6.42 Å². The zero-order valence-corrected chi connectivity index (χ0v) is 13.6. The quantitative estimate of drug-likeness (QED) is 0.652. The van der Waals surface area contributed by atoms with Crippen LogP contribution in [0.4, 0.5) is 10.5 Å². The van der Waals surface area contributed by atoms with E-state index in [0.29, 0.717) is 16.6 Å². The van der Waals surface area contributed by atoms with Gasteiger partial charge in [-0.15, -0.1) is 0 Å². The average Bonchev–Trinajstić information content (AvgIpc) is 2.32. The van der Waals surface area contributed by atoms with Crippen LogP contribution < -0.4 is 10.6 Å². The van der Waals surface area contributed by atoms with Gasteiger partial charge in [-0.1, -0.05) is 15.9 Å². The molecule has 0 saturated heterocycles. The Morgan fingerprint density at radius 1 is 1.29 bits per heavy atom. The van der Waals surface area contributed by atoms with E-state index < -0.39 is 21.8 Å². The first kappa shape index (κ1) is 17.4. The smallest absolute Gasteiger partial charge is 0.335 e. The fourth-order valence-electron chi connectivity index (χ4n) is 1.50. The van der Waals surface area contributed by atoms with E-state index >= 15 is 0 Å². The van der Waals surface area contributed by atoms with Crippen molar-refractivity contribution >= 4 is 43.5 Å². The lowest BCUT2D eigenvalue weighted by Gasteiger charge is -2.08. The number of amides is 2. The minimum atomic E-state index is -3.04. The fraction of sp³-hybridized carbons (Fsp3) is 0.333. The van der Waals surface area contributed by atoms with E-state index in [0.717, 1.165) is 6.26 Å². The first-order valence-electron chi connectivity index (χ1n) is 5.94. The maximum atomic E-state index is 11.6. The number of hydrogen-bond donors (Lipinski definition) is 3. The van der Waals surface area contributed by atoms with Gasteiger partial charge >= 0.3 is 12.0 Å². The summed E-state index contributed by atoms with van der Waals surface area (Å²) >= 11 is 3.16. The number of halogens is 1. The van der Waals surface area contributed by atoms with Crippen LogP contribution in [0, 0.1) is 0 Å². The molecule has 0 aliphatic rings. The molecule has 0 unspecified atom stereocenters. The van der Waals surface area contributed by atoms with E-state index in [-0.39, 0.29) is 17.9 Å². The van der Waals surface area contributed by atoms with Crippen LogP contribution in [0.25, 0.3) is 0 Å². The lowest BCUT2D eigenvalue weighted by Crippen LogP contribution is -2.30. The number of anilines is 1. The van der Waals surface area contributed by atoms with Gasteiger partial charge in [0, 0.05) is 23.0 Å². The number of hydrogen-bond acceptors (Lipinski definition) is 4. The fourth-order valence-corrected chi connectivity index (χ4v) is 2.66. The van der Waals surface area contributed by atoms with E-state index in [9.17, 15) is 18.0 Å². The molecule has 116 valence electrons. The van der Waals surface area contributed by atoms with Crippen molar-refractivity contribution in [1.29, 1.82) is 0 Å². The summed E-state index contributed by atoms with van der Waals surface area (Å²) in [4.78, 5) is 22.5. The molecule has 0 aliphatic carbocycles. The average molecular weight is 379 g/mol. The van der Waals surface area contributed by atoms with Crippen LogP contribution in [0.5, 0.6) is 0 Å². The molecular formula is C12H15BrN2O5S. The van der Waals surface area contributed by atoms with Gasteiger partial charge in [-0.3, -0.25) is 0 Å². The van der Waals surface area contributed by atoms with Crippen LogP contribution in [-0.4, -0.2) is 44.1 Å². The lowest BCUT2D eigenvalue weighted by molar-refractivity contribution is 0.0696. The van der Waals surface area contributed by atoms with E-state index in [4.69, 9.17) is 5.11 Å². The third kappa shape index (κ3) is 7.09.